The Morgan fingerprint density at radius 2 is 2.04 bits per heavy atom. The van der Waals surface area contributed by atoms with Crippen LogP contribution in [0.4, 0.5) is 0 Å². The fourth-order valence-electron chi connectivity index (χ4n) is 6.11. The molecule has 6 heteroatoms. The van der Waals surface area contributed by atoms with Crippen molar-refractivity contribution < 1.29 is 28.6 Å². The van der Waals surface area contributed by atoms with Gasteiger partial charge in [-0.05, 0) is 55.4 Å². The summed E-state index contributed by atoms with van der Waals surface area (Å²) in [5.74, 6) is -0.415. The zero-order chi connectivity index (χ0) is 20.1. The predicted molar refractivity (Wildman–Crippen MR) is 99.9 cm³/mol. The van der Waals surface area contributed by atoms with Gasteiger partial charge in [0.05, 0.1) is 0 Å². The molecule has 0 bridgehead atoms. The molecule has 2 fully saturated rings. The van der Waals surface area contributed by atoms with Gasteiger partial charge in [-0.2, -0.15) is 0 Å². The minimum Gasteiger partial charge on any atom is -0.462 e. The van der Waals surface area contributed by atoms with Crippen LogP contribution in [0.25, 0.3) is 0 Å². The van der Waals surface area contributed by atoms with Crippen LogP contribution in [0.15, 0.2) is 23.3 Å². The van der Waals surface area contributed by atoms with Crippen molar-refractivity contribution in [1.29, 1.82) is 0 Å². The van der Waals surface area contributed by atoms with E-state index < -0.39 is 5.41 Å². The van der Waals surface area contributed by atoms with Crippen LogP contribution in [0.2, 0.25) is 0 Å². The number of carbonyl (C=O) groups excluding carboxylic acids is 3. The Bertz CT molecular complexity index is 780. The first kappa shape index (κ1) is 19.2. The van der Waals surface area contributed by atoms with Crippen LogP contribution in [0.3, 0.4) is 0 Å². The minimum atomic E-state index is -0.402. The average molecular weight is 388 g/mol. The number of allylic oxidation sites excluding steroid dienone is 1. The highest BCUT2D eigenvalue weighted by Gasteiger charge is 2.64. The summed E-state index contributed by atoms with van der Waals surface area (Å²) >= 11 is 0. The molecular formula is C22H28O6. The van der Waals surface area contributed by atoms with Crippen LogP contribution in [0.1, 0.15) is 52.9 Å². The highest BCUT2D eigenvalue weighted by molar-refractivity contribution is 5.93. The lowest BCUT2D eigenvalue weighted by molar-refractivity contribution is -0.172. The molecule has 2 aliphatic heterocycles. The van der Waals surface area contributed by atoms with Crippen molar-refractivity contribution in [2.24, 2.45) is 22.7 Å². The van der Waals surface area contributed by atoms with Crippen LogP contribution in [-0.4, -0.2) is 37.2 Å². The van der Waals surface area contributed by atoms with E-state index in [4.69, 9.17) is 14.2 Å². The molecule has 2 heterocycles. The van der Waals surface area contributed by atoms with Crippen molar-refractivity contribution in [3.05, 3.63) is 23.3 Å². The third-order valence-corrected chi connectivity index (χ3v) is 7.70. The molecule has 0 radical (unpaired) electrons. The Morgan fingerprint density at radius 3 is 2.71 bits per heavy atom. The molecule has 28 heavy (non-hydrogen) atoms. The highest BCUT2D eigenvalue weighted by Crippen LogP contribution is 2.64. The van der Waals surface area contributed by atoms with Gasteiger partial charge >= 0.3 is 17.9 Å². The molecule has 4 rings (SSSR count). The van der Waals surface area contributed by atoms with E-state index in [9.17, 15) is 14.4 Å². The van der Waals surface area contributed by atoms with E-state index >= 15 is 0 Å². The van der Waals surface area contributed by atoms with E-state index in [0.29, 0.717) is 26.1 Å². The monoisotopic (exact) mass is 388 g/mol. The molecule has 5 atom stereocenters. The van der Waals surface area contributed by atoms with Gasteiger partial charge in [0, 0.05) is 23.5 Å². The van der Waals surface area contributed by atoms with Gasteiger partial charge in [-0.3, -0.25) is 4.79 Å². The van der Waals surface area contributed by atoms with E-state index in [1.165, 1.54) is 6.92 Å². The summed E-state index contributed by atoms with van der Waals surface area (Å²) in [6, 6.07) is 0. The van der Waals surface area contributed by atoms with Crippen molar-refractivity contribution in [2.45, 2.75) is 59.0 Å². The van der Waals surface area contributed by atoms with Crippen molar-refractivity contribution >= 4 is 17.9 Å². The molecule has 0 aromatic carbocycles. The van der Waals surface area contributed by atoms with Crippen LogP contribution in [0.5, 0.6) is 0 Å². The molecule has 4 aliphatic rings. The maximum Gasteiger partial charge on any atom is 0.334 e. The lowest BCUT2D eigenvalue weighted by Gasteiger charge is -2.58. The number of hydrogen-bond acceptors (Lipinski definition) is 6. The molecule has 0 amide bonds. The molecule has 5 unspecified atom stereocenters. The summed E-state index contributed by atoms with van der Waals surface area (Å²) in [5.41, 5.74) is 0.887. The number of esters is 3. The summed E-state index contributed by atoms with van der Waals surface area (Å²) in [5, 5.41) is 0. The number of ether oxygens (including phenoxy) is 3. The zero-order valence-corrected chi connectivity index (χ0v) is 16.8. The largest absolute Gasteiger partial charge is 0.462 e. The van der Waals surface area contributed by atoms with Crippen LogP contribution in [-0.2, 0) is 28.6 Å². The normalized spacial score (nSPS) is 39.3. The molecule has 0 aromatic rings. The Morgan fingerprint density at radius 1 is 1.25 bits per heavy atom. The van der Waals surface area contributed by atoms with Gasteiger partial charge in [-0.15, -0.1) is 0 Å². The Hall–Kier alpha value is -2.11. The minimum absolute atomic E-state index is 0.111. The van der Waals surface area contributed by atoms with Gasteiger partial charge in [0.2, 0.25) is 0 Å². The second-order valence-corrected chi connectivity index (χ2v) is 8.95. The Labute approximate surface area is 165 Å². The zero-order valence-electron chi connectivity index (χ0n) is 16.8. The number of rotatable bonds is 4. The van der Waals surface area contributed by atoms with Crippen LogP contribution >= 0.6 is 0 Å². The first-order valence-corrected chi connectivity index (χ1v) is 10.2. The van der Waals surface area contributed by atoms with Gasteiger partial charge in [-0.1, -0.05) is 19.9 Å². The topological polar surface area (TPSA) is 78.9 Å². The highest BCUT2D eigenvalue weighted by atomic mass is 16.6. The van der Waals surface area contributed by atoms with Gasteiger partial charge in [0.25, 0.3) is 0 Å². The van der Waals surface area contributed by atoms with Gasteiger partial charge in [0.15, 0.2) is 0 Å². The van der Waals surface area contributed by atoms with Crippen LogP contribution < -0.4 is 0 Å². The Kier molecular flexibility index (Phi) is 4.63. The lowest BCUT2D eigenvalue weighted by atomic mass is 9.46. The molecule has 1 saturated carbocycles. The smallest absolute Gasteiger partial charge is 0.334 e. The summed E-state index contributed by atoms with van der Waals surface area (Å²) in [6.07, 6.45) is 7.44. The van der Waals surface area contributed by atoms with E-state index in [1.807, 2.05) is 12.2 Å². The van der Waals surface area contributed by atoms with Gasteiger partial charge < -0.3 is 14.2 Å². The second kappa shape index (κ2) is 6.75. The molecule has 0 aromatic heterocycles. The molecular weight excluding hydrogens is 360 g/mol. The lowest BCUT2D eigenvalue weighted by Crippen LogP contribution is -2.57. The summed E-state index contributed by atoms with van der Waals surface area (Å²) in [7, 11) is 0. The summed E-state index contributed by atoms with van der Waals surface area (Å²) < 4.78 is 16.3. The predicted octanol–water partition coefficient (Wildman–Crippen LogP) is 3.11. The fourth-order valence-corrected chi connectivity index (χ4v) is 6.11. The first-order chi connectivity index (χ1) is 13.3. The van der Waals surface area contributed by atoms with Crippen molar-refractivity contribution in [3.8, 4) is 0 Å². The van der Waals surface area contributed by atoms with Crippen molar-refractivity contribution in [3.63, 3.8) is 0 Å². The fraction of sp³-hybridized carbons (Fsp3) is 0.682. The summed E-state index contributed by atoms with van der Waals surface area (Å²) in [4.78, 5) is 36.1. The molecule has 1 saturated heterocycles. The SMILES string of the molecule is CC(=O)OC1CC23COC(=O)C2=CCCC3C(C)(CCC2=CCOC2=O)C1C. The molecule has 1 spiro atoms. The number of carbonyl (C=O) groups is 3. The van der Waals surface area contributed by atoms with E-state index in [1.54, 1.807) is 0 Å². The molecule has 2 aliphatic carbocycles. The quantitative estimate of drug-likeness (QED) is 0.544. The van der Waals surface area contributed by atoms with Crippen LogP contribution in [0, 0.1) is 22.7 Å². The molecule has 152 valence electrons. The second-order valence-electron chi connectivity index (χ2n) is 8.95. The van der Waals surface area contributed by atoms with Crippen molar-refractivity contribution in [2.75, 3.05) is 13.2 Å². The maximum absolute atomic E-state index is 12.4. The third-order valence-electron chi connectivity index (χ3n) is 7.70. The molecule has 0 N–H and O–H groups in total. The average Bonchev–Trinajstić information content (AvgIpc) is 3.20. The van der Waals surface area contributed by atoms with Gasteiger partial charge in [0.1, 0.15) is 19.3 Å². The number of cyclic esters (lactones) is 2. The molecule has 6 nitrogen and oxygen atoms in total. The summed E-state index contributed by atoms with van der Waals surface area (Å²) in [6.45, 7) is 6.50. The maximum atomic E-state index is 12.4. The first-order valence-electron chi connectivity index (χ1n) is 10.2. The Balaban J connectivity index is 1.70. The van der Waals surface area contributed by atoms with E-state index in [-0.39, 0.29) is 41.3 Å². The van der Waals surface area contributed by atoms with E-state index in [0.717, 1.165) is 30.4 Å². The van der Waals surface area contributed by atoms with Gasteiger partial charge in [-0.25, -0.2) is 9.59 Å². The standard InChI is InChI=1S/C22H28O6/c1-13-17(28-14(2)23)11-22-12-27-20(25)16(22)5-4-6-18(22)21(13,3)9-7-15-8-10-26-19(15)24/h5,8,13,17-18H,4,6-7,9-12H2,1-3H3. The van der Waals surface area contributed by atoms with E-state index in [2.05, 4.69) is 13.8 Å². The number of hydrogen-bond donors (Lipinski definition) is 0. The van der Waals surface area contributed by atoms with Crippen molar-refractivity contribution in [1.82, 2.24) is 0 Å². The third kappa shape index (κ3) is 2.80.